The number of hydrogen-bond acceptors (Lipinski definition) is 16. The molecule has 0 radical (unpaired) electrons. The van der Waals surface area contributed by atoms with Crippen molar-refractivity contribution >= 4 is 62.1 Å². The molecule has 2 amide bonds. The van der Waals surface area contributed by atoms with Gasteiger partial charge >= 0.3 is 33.8 Å². The Bertz CT molecular complexity index is 1720. The fourth-order valence-corrected chi connectivity index (χ4v) is 6.39. The van der Waals surface area contributed by atoms with Gasteiger partial charge in [-0.3, -0.25) is 14.4 Å². The van der Waals surface area contributed by atoms with E-state index in [-0.39, 0.29) is 21.6 Å². The van der Waals surface area contributed by atoms with E-state index >= 15 is 0 Å². The highest BCUT2D eigenvalue weighted by atomic mass is 32.2. The van der Waals surface area contributed by atoms with Gasteiger partial charge in [-0.1, -0.05) is 5.16 Å². The Kier molecular flexibility index (Phi) is 7.30. The van der Waals surface area contributed by atoms with Gasteiger partial charge in [0.05, 0.1) is 18.3 Å². The Morgan fingerprint density at radius 3 is 2.59 bits per heavy atom. The van der Waals surface area contributed by atoms with Crippen molar-refractivity contribution in [2.45, 2.75) is 24.2 Å². The fourth-order valence-electron chi connectivity index (χ4n) is 4.32. The number of carbonyl (C=O) groups is 5. The number of carboxylic acids is 2. The first-order valence-corrected chi connectivity index (χ1v) is 14.2. The lowest BCUT2D eigenvalue weighted by Crippen LogP contribution is -2.57. The van der Waals surface area contributed by atoms with Crippen LogP contribution in [0.3, 0.4) is 0 Å². The van der Waals surface area contributed by atoms with E-state index in [9.17, 15) is 47.7 Å². The average molecular weight is 658 g/mol. The number of hydroxylamine groups is 2. The van der Waals surface area contributed by atoms with Crippen LogP contribution in [0.5, 0.6) is 0 Å². The molecule has 2 fully saturated rings. The first-order chi connectivity index (χ1) is 20.7. The number of esters is 1. The van der Waals surface area contributed by atoms with E-state index in [1.807, 2.05) is 0 Å². The molecule has 1 aromatic heterocycles. The number of cyclic esters (lactones) is 1. The smallest absolute Gasteiger partial charge is 0.372 e. The van der Waals surface area contributed by atoms with Crippen molar-refractivity contribution in [1.29, 1.82) is 0 Å². The van der Waals surface area contributed by atoms with Gasteiger partial charge in [-0.15, -0.1) is 11.3 Å². The molecule has 44 heavy (non-hydrogen) atoms. The number of nitrogens with zero attached hydrogens (tertiary/aromatic N) is 5. The number of fused-ring (bicyclic) bond motifs is 1. The first kappa shape index (κ1) is 30.1. The third-order valence-electron chi connectivity index (χ3n) is 6.29. The summed E-state index contributed by atoms with van der Waals surface area (Å²) in [6.07, 6.45) is 1.43. The van der Waals surface area contributed by atoms with Crippen molar-refractivity contribution in [2.75, 3.05) is 18.9 Å². The molecule has 3 atom stereocenters. The van der Waals surface area contributed by atoms with Gasteiger partial charge in [-0.05, 0) is 0 Å². The molecule has 0 saturated carbocycles. The van der Waals surface area contributed by atoms with E-state index in [2.05, 4.69) is 20.3 Å². The topological polar surface area (TPSA) is 301 Å². The number of nitrogen functional groups attached to an aromatic ring is 1. The lowest BCUT2D eigenvalue weighted by molar-refractivity contribution is -0.256. The highest BCUT2D eigenvalue weighted by Gasteiger charge is 2.65. The number of aromatic nitrogens is 1. The van der Waals surface area contributed by atoms with Crippen molar-refractivity contribution in [3.8, 4) is 0 Å². The van der Waals surface area contributed by atoms with Gasteiger partial charge < -0.3 is 41.1 Å². The van der Waals surface area contributed by atoms with E-state index in [1.54, 1.807) is 0 Å². The largest absolute Gasteiger partial charge is 0.504 e. The summed E-state index contributed by atoms with van der Waals surface area (Å²) < 4.78 is 32.2. The minimum Gasteiger partial charge on any atom is -0.504 e. The third-order valence-corrected chi connectivity index (χ3v) is 8.67. The molecule has 0 spiro atoms. The van der Waals surface area contributed by atoms with Crippen LogP contribution in [0, 0.1) is 0 Å². The Morgan fingerprint density at radius 1 is 1.23 bits per heavy atom. The number of rotatable bonds is 9. The summed E-state index contributed by atoms with van der Waals surface area (Å²) in [5.74, 6) is -8.55. The number of anilines is 1. The molecule has 5 heterocycles. The van der Waals surface area contributed by atoms with E-state index in [4.69, 9.17) is 20.4 Å². The Balaban J connectivity index is 1.36. The number of hydrogen-bond donors (Lipinski definition) is 6. The molecule has 7 N–H and O–H groups in total. The second kappa shape index (κ2) is 10.7. The van der Waals surface area contributed by atoms with Gasteiger partial charge in [-0.25, -0.2) is 28.0 Å². The normalized spacial score (nSPS) is 26.0. The van der Waals surface area contributed by atoms with E-state index in [0.717, 1.165) is 23.6 Å². The number of carbonyl (C=O) groups excluding carboxylic acids is 3. The number of allylic oxidation sites excluding steroid dienone is 1. The Labute approximate surface area is 248 Å². The fraction of sp³-hybridized carbons (Fsp3) is 0.286. The summed E-state index contributed by atoms with van der Waals surface area (Å²) in [5, 5.41) is 45.4. The number of amides is 2. The van der Waals surface area contributed by atoms with Crippen LogP contribution in [0.4, 0.5) is 5.13 Å². The van der Waals surface area contributed by atoms with Gasteiger partial charge in [0, 0.05) is 17.7 Å². The van der Waals surface area contributed by atoms with Gasteiger partial charge in [0.25, 0.3) is 11.8 Å². The molecule has 4 aliphatic rings. The van der Waals surface area contributed by atoms with Crippen LogP contribution in [0.1, 0.15) is 12.1 Å². The van der Waals surface area contributed by atoms with Crippen LogP contribution in [0.15, 0.2) is 46.2 Å². The van der Waals surface area contributed by atoms with Crippen molar-refractivity contribution in [3.63, 3.8) is 0 Å². The van der Waals surface area contributed by atoms with Crippen LogP contribution in [-0.2, 0) is 48.6 Å². The maximum atomic E-state index is 13.3. The lowest BCUT2D eigenvalue weighted by atomic mass is 10.1. The van der Waals surface area contributed by atoms with Crippen LogP contribution in [0.25, 0.3) is 0 Å². The molecular weight excluding hydrogens is 638 g/mol. The van der Waals surface area contributed by atoms with Crippen LogP contribution >= 0.6 is 11.3 Å². The lowest BCUT2D eigenvalue weighted by Gasteiger charge is -2.31. The Hall–Kier alpha value is -5.42. The predicted octanol–water partition coefficient (Wildman–Crippen LogP) is -2.56. The number of aliphatic hydroxyl groups is 2. The summed E-state index contributed by atoms with van der Waals surface area (Å²) in [6.45, 7) is -1.61. The van der Waals surface area contributed by atoms with E-state index < -0.39 is 94.6 Å². The van der Waals surface area contributed by atoms with Gasteiger partial charge in [0.1, 0.15) is 24.4 Å². The van der Waals surface area contributed by atoms with Crippen molar-refractivity contribution < 1.29 is 67.2 Å². The molecule has 2 unspecified atom stereocenters. The maximum absolute atomic E-state index is 13.3. The molecule has 234 valence electrons. The van der Waals surface area contributed by atoms with Gasteiger partial charge in [0.15, 0.2) is 22.4 Å². The SMILES string of the molecule is Nc1nc(/C(=N/OCC(=O)O)C(=O)N[C@H]2CON(C3(C(=O)O)CC(N4C=C5C=C(O)C(O)=CN5S4(=O)=O)C(=O)O3)C2=O)cs1. The number of ether oxygens (including phenoxy) is 1. The van der Waals surface area contributed by atoms with Crippen molar-refractivity contribution in [3.05, 3.63) is 46.8 Å². The summed E-state index contributed by atoms with van der Waals surface area (Å²) >= 11 is 0.906. The third kappa shape index (κ3) is 4.96. The summed E-state index contributed by atoms with van der Waals surface area (Å²) in [4.78, 5) is 76.1. The van der Waals surface area contributed by atoms with Crippen LogP contribution in [-0.4, -0.2) is 114 Å². The molecule has 21 nitrogen and oxygen atoms in total. The quantitative estimate of drug-likeness (QED) is 0.0904. The molecule has 1 aromatic rings. The second-order valence-corrected chi connectivity index (χ2v) is 11.7. The van der Waals surface area contributed by atoms with Crippen molar-refractivity contribution in [2.24, 2.45) is 5.16 Å². The van der Waals surface area contributed by atoms with Crippen LogP contribution < -0.4 is 11.1 Å². The highest BCUT2D eigenvalue weighted by Crippen LogP contribution is 2.41. The molecule has 0 aliphatic carbocycles. The first-order valence-electron chi connectivity index (χ1n) is 11.9. The number of aliphatic hydroxyl groups excluding tert-OH is 2. The number of thiazole rings is 1. The summed E-state index contributed by atoms with van der Waals surface area (Å²) in [5.41, 5.74) is 1.75. The maximum Gasteiger partial charge on any atom is 0.372 e. The minimum atomic E-state index is -4.64. The Morgan fingerprint density at radius 2 is 1.95 bits per heavy atom. The van der Waals surface area contributed by atoms with Gasteiger partial charge in [0.2, 0.25) is 6.61 Å². The number of oxime groups is 1. The molecule has 0 aromatic carbocycles. The van der Waals surface area contributed by atoms with E-state index in [1.165, 1.54) is 5.38 Å². The zero-order chi connectivity index (χ0) is 32.1. The number of nitrogens with one attached hydrogen (secondary N) is 1. The zero-order valence-electron chi connectivity index (χ0n) is 21.6. The molecule has 23 heteroatoms. The zero-order valence-corrected chi connectivity index (χ0v) is 23.2. The number of nitrogens with two attached hydrogens (primary N) is 1. The highest BCUT2D eigenvalue weighted by molar-refractivity contribution is 7.87. The standard InChI is InChI=1S/C21H19N7O14S2/c22-20-24-10(7-43-20)15(25-40-6-14(31)32)16(33)23-9-5-41-28(17(9)34)21(19(36)37)2-11(18(35)42-21)27-3-8-1-12(29)13(30)4-26(8)44(27,38)39/h1,3-4,7,9,11,29-30H,2,5-6H2,(H2,22,24)(H,23,33)(H,31,32)(H,36,37)/b25-15-/t9-,11?,21?/m0/s1. The predicted molar refractivity (Wildman–Crippen MR) is 138 cm³/mol. The second-order valence-electron chi connectivity index (χ2n) is 9.09. The molecule has 4 aliphatic heterocycles. The van der Waals surface area contributed by atoms with E-state index in [0.29, 0.717) is 14.8 Å². The number of carboxylic acid groups (broad SMARTS) is 2. The minimum absolute atomic E-state index is 0.0125. The van der Waals surface area contributed by atoms with Gasteiger partial charge in [-0.2, -0.15) is 13.5 Å². The summed E-state index contributed by atoms with van der Waals surface area (Å²) in [6, 6.07) is -3.46. The average Bonchev–Trinajstić information content (AvgIpc) is 3.68. The monoisotopic (exact) mass is 657 g/mol. The van der Waals surface area contributed by atoms with Crippen LogP contribution in [0.2, 0.25) is 0 Å². The molecular formula is C21H19N7O14S2. The molecule has 5 rings (SSSR count). The molecule has 0 bridgehead atoms. The number of aliphatic carboxylic acids is 2. The summed E-state index contributed by atoms with van der Waals surface area (Å²) in [7, 11) is -4.64. The van der Waals surface area contributed by atoms with Crippen molar-refractivity contribution in [1.82, 2.24) is 24.0 Å². The molecule has 2 saturated heterocycles.